The molecule has 1 atom stereocenters. The first-order valence-electron chi connectivity index (χ1n) is 5.96. The molecule has 2 N–H and O–H groups in total. The SMILES string of the molecule is CN1CC(C(=O)Nc2ccc(I)cc2C(=O)O)CC1=O. The normalized spacial score (nSPS) is 18.2. The van der Waals surface area contributed by atoms with Crippen LogP contribution in [0.25, 0.3) is 0 Å². The first-order chi connectivity index (χ1) is 9.38. The Balaban J connectivity index is 2.16. The number of halogens is 1. The van der Waals surface area contributed by atoms with Crippen molar-refractivity contribution in [3.8, 4) is 0 Å². The van der Waals surface area contributed by atoms with Gasteiger partial charge in [0.25, 0.3) is 0 Å². The minimum absolute atomic E-state index is 0.0444. The van der Waals surface area contributed by atoms with Gasteiger partial charge in [0.15, 0.2) is 0 Å². The maximum absolute atomic E-state index is 12.1. The number of likely N-dealkylation sites (tertiary alicyclic amines) is 1. The van der Waals surface area contributed by atoms with E-state index in [1.54, 1.807) is 19.2 Å². The van der Waals surface area contributed by atoms with Gasteiger partial charge in [0.05, 0.1) is 17.2 Å². The Labute approximate surface area is 129 Å². The number of nitrogens with zero attached hydrogens (tertiary/aromatic N) is 1. The number of carbonyl (C=O) groups is 3. The van der Waals surface area contributed by atoms with E-state index >= 15 is 0 Å². The molecule has 0 aromatic heterocycles. The minimum atomic E-state index is -1.10. The molecule has 20 heavy (non-hydrogen) atoms. The number of hydrogen-bond acceptors (Lipinski definition) is 3. The number of anilines is 1. The van der Waals surface area contributed by atoms with Crippen molar-refractivity contribution in [1.82, 2.24) is 4.90 Å². The number of carbonyl (C=O) groups excluding carboxylic acids is 2. The van der Waals surface area contributed by atoms with Gasteiger partial charge in [-0.2, -0.15) is 0 Å². The summed E-state index contributed by atoms with van der Waals surface area (Å²) in [4.78, 5) is 36.2. The summed E-state index contributed by atoms with van der Waals surface area (Å²) in [6, 6.07) is 4.77. The Morgan fingerprint density at radius 3 is 2.70 bits per heavy atom. The van der Waals surface area contributed by atoms with Crippen molar-refractivity contribution >= 4 is 46.1 Å². The Morgan fingerprint density at radius 1 is 1.45 bits per heavy atom. The highest BCUT2D eigenvalue weighted by atomic mass is 127. The lowest BCUT2D eigenvalue weighted by Gasteiger charge is -2.13. The number of carboxylic acids is 1. The van der Waals surface area contributed by atoms with Crippen LogP contribution in [0, 0.1) is 9.49 Å². The van der Waals surface area contributed by atoms with Crippen LogP contribution in [0.5, 0.6) is 0 Å². The summed E-state index contributed by atoms with van der Waals surface area (Å²) < 4.78 is 0.772. The van der Waals surface area contributed by atoms with E-state index in [2.05, 4.69) is 5.32 Å². The zero-order valence-corrected chi connectivity index (χ0v) is 12.9. The highest BCUT2D eigenvalue weighted by Crippen LogP contribution is 2.22. The fourth-order valence-electron chi connectivity index (χ4n) is 2.08. The lowest BCUT2D eigenvalue weighted by atomic mass is 10.1. The molecule has 1 saturated heterocycles. The number of hydrogen-bond donors (Lipinski definition) is 2. The molecule has 1 aliphatic heterocycles. The molecule has 6 nitrogen and oxygen atoms in total. The number of carboxylic acid groups (broad SMARTS) is 1. The summed E-state index contributed by atoms with van der Waals surface area (Å²) in [7, 11) is 1.64. The van der Waals surface area contributed by atoms with E-state index in [1.165, 1.54) is 11.0 Å². The van der Waals surface area contributed by atoms with E-state index in [0.717, 1.165) is 3.57 Å². The highest BCUT2D eigenvalue weighted by Gasteiger charge is 2.32. The quantitative estimate of drug-likeness (QED) is 0.767. The molecule has 106 valence electrons. The van der Waals surface area contributed by atoms with E-state index in [4.69, 9.17) is 5.11 Å². The van der Waals surface area contributed by atoms with Crippen LogP contribution in [-0.4, -0.2) is 41.4 Å². The van der Waals surface area contributed by atoms with Crippen LogP contribution in [0.4, 0.5) is 5.69 Å². The summed E-state index contributed by atoms with van der Waals surface area (Å²) >= 11 is 2.01. The summed E-state index contributed by atoms with van der Waals surface area (Å²) in [5.74, 6) is -1.94. The van der Waals surface area contributed by atoms with Crippen LogP contribution in [0.3, 0.4) is 0 Å². The molecule has 1 aliphatic rings. The lowest BCUT2D eigenvalue weighted by molar-refractivity contribution is -0.127. The van der Waals surface area contributed by atoms with Gasteiger partial charge in [-0.3, -0.25) is 9.59 Å². The first-order valence-corrected chi connectivity index (χ1v) is 7.04. The van der Waals surface area contributed by atoms with E-state index < -0.39 is 11.9 Å². The van der Waals surface area contributed by atoms with Crippen molar-refractivity contribution in [2.24, 2.45) is 5.92 Å². The van der Waals surface area contributed by atoms with E-state index in [-0.39, 0.29) is 29.5 Å². The highest BCUT2D eigenvalue weighted by molar-refractivity contribution is 14.1. The number of aromatic carboxylic acids is 1. The second-order valence-corrected chi connectivity index (χ2v) is 5.91. The Bertz CT molecular complexity index is 588. The van der Waals surface area contributed by atoms with Crippen LogP contribution >= 0.6 is 22.6 Å². The number of amides is 2. The molecule has 2 amide bonds. The van der Waals surface area contributed by atoms with Crippen LogP contribution in [0.1, 0.15) is 16.8 Å². The Kier molecular flexibility index (Phi) is 4.26. The van der Waals surface area contributed by atoms with Crippen molar-refractivity contribution in [1.29, 1.82) is 0 Å². The molecule has 1 heterocycles. The summed E-state index contributed by atoms with van der Waals surface area (Å²) in [6.45, 7) is 0.359. The monoisotopic (exact) mass is 388 g/mol. The lowest BCUT2D eigenvalue weighted by Crippen LogP contribution is -2.26. The van der Waals surface area contributed by atoms with Crippen molar-refractivity contribution in [3.63, 3.8) is 0 Å². The molecule has 0 radical (unpaired) electrons. The van der Waals surface area contributed by atoms with Crippen LogP contribution in [0.15, 0.2) is 18.2 Å². The first kappa shape index (κ1) is 14.8. The topological polar surface area (TPSA) is 86.7 Å². The third kappa shape index (κ3) is 3.09. The zero-order chi connectivity index (χ0) is 14.9. The van der Waals surface area contributed by atoms with Gasteiger partial charge in [-0.1, -0.05) is 0 Å². The van der Waals surface area contributed by atoms with Crippen molar-refractivity contribution < 1.29 is 19.5 Å². The summed E-state index contributed by atoms with van der Waals surface area (Å²) in [6.07, 6.45) is 0.162. The molecular formula is C13H13IN2O4. The third-order valence-corrected chi connectivity index (χ3v) is 3.85. The number of rotatable bonds is 3. The summed E-state index contributed by atoms with van der Waals surface area (Å²) in [5.41, 5.74) is 0.299. The second kappa shape index (κ2) is 5.78. The molecule has 0 saturated carbocycles. The van der Waals surface area contributed by atoms with Gasteiger partial charge in [-0.25, -0.2) is 4.79 Å². The maximum Gasteiger partial charge on any atom is 0.337 e. The van der Waals surface area contributed by atoms with Gasteiger partial charge in [0.1, 0.15) is 0 Å². The third-order valence-electron chi connectivity index (χ3n) is 3.18. The van der Waals surface area contributed by atoms with Gasteiger partial charge in [-0.15, -0.1) is 0 Å². The van der Waals surface area contributed by atoms with Gasteiger partial charge >= 0.3 is 5.97 Å². The van der Waals surface area contributed by atoms with Crippen LogP contribution in [-0.2, 0) is 9.59 Å². The second-order valence-electron chi connectivity index (χ2n) is 4.66. The maximum atomic E-state index is 12.1. The average molecular weight is 388 g/mol. The molecule has 1 unspecified atom stereocenters. The van der Waals surface area contributed by atoms with Gasteiger partial charge < -0.3 is 15.3 Å². The fourth-order valence-corrected chi connectivity index (χ4v) is 2.57. The fraction of sp³-hybridized carbons (Fsp3) is 0.308. The largest absolute Gasteiger partial charge is 0.478 e. The van der Waals surface area contributed by atoms with Crippen molar-refractivity contribution in [3.05, 3.63) is 27.3 Å². The average Bonchev–Trinajstić information content (AvgIpc) is 2.71. The molecule has 7 heteroatoms. The molecule has 0 spiro atoms. The van der Waals surface area contributed by atoms with Crippen LogP contribution in [0.2, 0.25) is 0 Å². The number of benzene rings is 1. The van der Waals surface area contributed by atoms with E-state index in [1.807, 2.05) is 22.6 Å². The van der Waals surface area contributed by atoms with Crippen molar-refractivity contribution in [2.45, 2.75) is 6.42 Å². The Hall–Kier alpha value is -1.64. The molecule has 1 aromatic carbocycles. The summed E-state index contributed by atoms with van der Waals surface area (Å²) in [5, 5.41) is 11.7. The molecule has 0 bridgehead atoms. The minimum Gasteiger partial charge on any atom is -0.478 e. The van der Waals surface area contributed by atoms with Gasteiger partial charge in [-0.05, 0) is 40.8 Å². The predicted octanol–water partition coefficient (Wildman–Crippen LogP) is 1.41. The van der Waals surface area contributed by atoms with Crippen LogP contribution < -0.4 is 5.32 Å². The molecule has 0 aliphatic carbocycles. The smallest absolute Gasteiger partial charge is 0.337 e. The Morgan fingerprint density at radius 2 is 2.15 bits per heavy atom. The van der Waals surface area contributed by atoms with Gasteiger partial charge in [0, 0.05) is 23.6 Å². The molecule has 1 fully saturated rings. The van der Waals surface area contributed by atoms with E-state index in [9.17, 15) is 14.4 Å². The van der Waals surface area contributed by atoms with E-state index in [0.29, 0.717) is 6.54 Å². The predicted molar refractivity (Wildman–Crippen MR) is 80.5 cm³/mol. The van der Waals surface area contributed by atoms with Crippen molar-refractivity contribution in [2.75, 3.05) is 18.9 Å². The zero-order valence-electron chi connectivity index (χ0n) is 10.7. The van der Waals surface area contributed by atoms with Gasteiger partial charge in [0.2, 0.25) is 11.8 Å². The standard InChI is InChI=1S/C13H13IN2O4/c1-16-6-7(4-11(16)17)12(18)15-10-3-2-8(14)5-9(10)13(19)20/h2-3,5,7H,4,6H2,1H3,(H,15,18)(H,19,20). The molecular weight excluding hydrogens is 375 g/mol. The molecule has 1 aromatic rings. The number of nitrogens with one attached hydrogen (secondary N) is 1. The molecule has 2 rings (SSSR count).